The first-order valence-electron chi connectivity index (χ1n) is 12.7. The summed E-state index contributed by atoms with van der Waals surface area (Å²) in [6, 6.07) is 17.9. The molecule has 1 amide bonds. The van der Waals surface area contributed by atoms with E-state index in [1.54, 1.807) is 22.4 Å². The fraction of sp³-hybridized carbons (Fsp3) is 0.300. The number of fused-ring (bicyclic) bond motifs is 1. The molecule has 0 unspecified atom stereocenters. The molecule has 2 aromatic carbocycles. The lowest BCUT2D eigenvalue weighted by molar-refractivity contribution is 0.0240. The van der Waals surface area contributed by atoms with E-state index >= 15 is 0 Å². The molecule has 7 nitrogen and oxygen atoms in total. The van der Waals surface area contributed by atoms with E-state index in [9.17, 15) is 9.59 Å². The predicted octanol–water partition coefficient (Wildman–Crippen LogP) is 6.03. The van der Waals surface area contributed by atoms with Crippen LogP contribution < -0.4 is 10.6 Å². The number of aromatic nitrogens is 1. The number of Topliss-reactive ketones (excluding diaryl/α,β-unsaturated/α-hetero) is 1. The van der Waals surface area contributed by atoms with Crippen LogP contribution in [-0.4, -0.2) is 53.5 Å². The van der Waals surface area contributed by atoms with Gasteiger partial charge in [0, 0.05) is 66.0 Å². The zero-order valence-electron chi connectivity index (χ0n) is 21.9. The van der Waals surface area contributed by atoms with Crippen LogP contribution in [-0.2, 0) is 11.2 Å². The highest BCUT2D eigenvalue weighted by atomic mass is 32.1. The van der Waals surface area contributed by atoms with Gasteiger partial charge in [0.05, 0.1) is 5.52 Å². The van der Waals surface area contributed by atoms with Gasteiger partial charge in [-0.3, -0.25) is 9.78 Å². The Balaban J connectivity index is 1.26. The van der Waals surface area contributed by atoms with E-state index in [4.69, 9.17) is 10.5 Å². The van der Waals surface area contributed by atoms with Crippen molar-refractivity contribution >= 4 is 45.5 Å². The molecule has 0 aliphatic carbocycles. The molecule has 0 bridgehead atoms. The number of nitrogens with zero attached hydrogens (tertiary/aromatic N) is 3. The second kappa shape index (κ2) is 10.5. The second-order valence-corrected chi connectivity index (χ2v) is 11.5. The van der Waals surface area contributed by atoms with Crippen molar-refractivity contribution in [2.45, 2.75) is 32.8 Å². The van der Waals surface area contributed by atoms with Gasteiger partial charge in [0.1, 0.15) is 5.60 Å². The largest absolute Gasteiger partial charge is 0.444 e. The second-order valence-electron chi connectivity index (χ2n) is 10.5. The molecule has 1 aliphatic heterocycles. The fourth-order valence-corrected chi connectivity index (χ4v) is 5.29. The summed E-state index contributed by atoms with van der Waals surface area (Å²) >= 11 is 1.66. The summed E-state index contributed by atoms with van der Waals surface area (Å²) in [5, 5.41) is 2.94. The number of hydrogen-bond donors (Lipinski definition) is 1. The predicted molar refractivity (Wildman–Crippen MR) is 154 cm³/mol. The van der Waals surface area contributed by atoms with E-state index < -0.39 is 5.60 Å². The van der Waals surface area contributed by atoms with Gasteiger partial charge in [0.15, 0.2) is 5.78 Å². The molecule has 0 radical (unpaired) electrons. The van der Waals surface area contributed by atoms with Crippen LogP contribution in [0.3, 0.4) is 0 Å². The van der Waals surface area contributed by atoms with E-state index in [2.05, 4.69) is 16.0 Å². The van der Waals surface area contributed by atoms with Crippen molar-refractivity contribution in [1.82, 2.24) is 9.88 Å². The molecule has 1 fully saturated rings. The van der Waals surface area contributed by atoms with Crippen molar-refractivity contribution in [2.75, 3.05) is 36.8 Å². The van der Waals surface area contributed by atoms with Gasteiger partial charge in [-0.2, -0.15) is 0 Å². The molecule has 1 saturated heterocycles. The summed E-state index contributed by atoms with van der Waals surface area (Å²) in [6.07, 6.45) is 1.60. The molecule has 0 saturated carbocycles. The Morgan fingerprint density at radius 1 is 1.03 bits per heavy atom. The van der Waals surface area contributed by atoms with Crippen molar-refractivity contribution < 1.29 is 14.3 Å². The van der Waals surface area contributed by atoms with Gasteiger partial charge in [0.25, 0.3) is 0 Å². The molecule has 4 aromatic rings. The summed E-state index contributed by atoms with van der Waals surface area (Å²) in [7, 11) is 0. The molecule has 5 rings (SSSR count). The monoisotopic (exact) mass is 528 g/mol. The van der Waals surface area contributed by atoms with Crippen LogP contribution in [0, 0.1) is 0 Å². The third-order valence-electron chi connectivity index (χ3n) is 6.59. The molecule has 2 aromatic heterocycles. The number of hydrogen-bond acceptors (Lipinski definition) is 7. The van der Waals surface area contributed by atoms with E-state index in [1.165, 1.54) is 0 Å². The average molecular weight is 529 g/mol. The number of anilines is 2. The average Bonchev–Trinajstić information content (AvgIpc) is 3.43. The van der Waals surface area contributed by atoms with Gasteiger partial charge >= 0.3 is 6.09 Å². The highest BCUT2D eigenvalue weighted by molar-refractivity contribution is 7.13. The third kappa shape index (κ3) is 5.81. The maximum Gasteiger partial charge on any atom is 0.410 e. The number of rotatable bonds is 5. The van der Waals surface area contributed by atoms with E-state index in [1.807, 2.05) is 74.7 Å². The third-order valence-corrected chi connectivity index (χ3v) is 7.50. The van der Waals surface area contributed by atoms with E-state index in [-0.39, 0.29) is 18.3 Å². The maximum atomic E-state index is 13.2. The first kappa shape index (κ1) is 25.7. The summed E-state index contributed by atoms with van der Waals surface area (Å²) in [5.41, 5.74) is 10.6. The number of ketones is 1. The van der Waals surface area contributed by atoms with Crippen molar-refractivity contribution in [1.29, 1.82) is 0 Å². The van der Waals surface area contributed by atoms with Gasteiger partial charge in [-0.15, -0.1) is 11.3 Å². The fourth-order valence-electron chi connectivity index (χ4n) is 4.56. The lowest BCUT2D eigenvalue weighted by atomic mass is 9.99. The van der Waals surface area contributed by atoms with Crippen LogP contribution in [0.4, 0.5) is 16.2 Å². The quantitative estimate of drug-likeness (QED) is 0.251. The van der Waals surface area contributed by atoms with Crippen LogP contribution >= 0.6 is 11.3 Å². The van der Waals surface area contributed by atoms with E-state index in [0.717, 1.165) is 32.6 Å². The molecule has 196 valence electrons. The molecule has 8 heteroatoms. The number of pyridine rings is 1. The van der Waals surface area contributed by atoms with Gasteiger partial charge in [-0.05, 0) is 73.7 Å². The maximum absolute atomic E-state index is 13.2. The highest BCUT2D eigenvalue weighted by Crippen LogP contribution is 2.29. The lowest BCUT2D eigenvalue weighted by Crippen LogP contribution is -2.50. The molecule has 38 heavy (non-hydrogen) atoms. The Morgan fingerprint density at radius 2 is 1.82 bits per heavy atom. The van der Waals surface area contributed by atoms with Gasteiger partial charge in [-0.1, -0.05) is 18.2 Å². The SMILES string of the molecule is CC(C)(C)OC(=O)N1CCN(c2ccc3cc(C(=O)Cc4cc(-c5cccs5)ccc4N)cnc3c2)CC1. The Morgan fingerprint density at radius 3 is 2.53 bits per heavy atom. The number of thiophene rings is 1. The first-order valence-corrected chi connectivity index (χ1v) is 13.6. The molecule has 2 N–H and O–H groups in total. The van der Waals surface area contributed by atoms with Crippen molar-refractivity contribution in [3.63, 3.8) is 0 Å². The molecule has 0 atom stereocenters. The number of nitrogens with two attached hydrogens (primary N) is 1. The number of carbonyl (C=O) groups excluding carboxylic acids is 2. The summed E-state index contributed by atoms with van der Waals surface area (Å²) in [5.74, 6) is -0.0169. The molecular formula is C30H32N4O3S. The number of ether oxygens (including phenoxy) is 1. The van der Waals surface area contributed by atoms with Crippen molar-refractivity contribution in [3.8, 4) is 10.4 Å². The molecular weight excluding hydrogens is 496 g/mol. The molecule has 0 spiro atoms. The standard InChI is InChI=1S/C30H32N4O3S/c1-30(2,3)37-29(36)34-12-10-33(11-13-34)24-8-6-20-15-23(19-32-26(20)18-24)27(35)17-22-16-21(7-9-25(22)31)28-5-4-14-38-28/h4-9,14-16,18-19H,10-13,17,31H2,1-3H3. The highest BCUT2D eigenvalue weighted by Gasteiger charge is 2.26. The number of benzene rings is 2. The molecule has 3 heterocycles. The summed E-state index contributed by atoms with van der Waals surface area (Å²) in [4.78, 5) is 35.3. The molecule has 1 aliphatic rings. The Hall–Kier alpha value is -3.91. The van der Waals surface area contributed by atoms with Crippen LogP contribution in [0.1, 0.15) is 36.7 Å². The van der Waals surface area contributed by atoms with Gasteiger partial charge in [-0.25, -0.2) is 4.79 Å². The number of carbonyl (C=O) groups is 2. The number of piperazine rings is 1. The number of amides is 1. The Labute approximate surface area is 226 Å². The first-order chi connectivity index (χ1) is 18.2. The number of nitrogen functional groups attached to an aromatic ring is 1. The van der Waals surface area contributed by atoms with Crippen LogP contribution in [0.25, 0.3) is 21.3 Å². The van der Waals surface area contributed by atoms with Crippen LogP contribution in [0.5, 0.6) is 0 Å². The van der Waals surface area contributed by atoms with Gasteiger partial charge < -0.3 is 20.3 Å². The van der Waals surface area contributed by atoms with Crippen LogP contribution in [0.15, 0.2) is 66.2 Å². The smallest absolute Gasteiger partial charge is 0.410 e. The Kier molecular flexibility index (Phi) is 7.08. The zero-order valence-corrected chi connectivity index (χ0v) is 22.8. The minimum absolute atomic E-state index is 0.0169. The minimum atomic E-state index is -0.501. The minimum Gasteiger partial charge on any atom is -0.444 e. The topological polar surface area (TPSA) is 88.8 Å². The van der Waals surface area contributed by atoms with E-state index in [0.29, 0.717) is 37.4 Å². The normalized spacial score (nSPS) is 14.1. The Bertz CT molecular complexity index is 1470. The summed E-state index contributed by atoms with van der Waals surface area (Å²) < 4.78 is 5.50. The van der Waals surface area contributed by atoms with Crippen LogP contribution in [0.2, 0.25) is 0 Å². The van der Waals surface area contributed by atoms with Crippen molar-refractivity contribution in [3.05, 3.63) is 77.3 Å². The van der Waals surface area contributed by atoms with Gasteiger partial charge in [0.2, 0.25) is 0 Å². The lowest BCUT2D eigenvalue weighted by Gasteiger charge is -2.36. The zero-order chi connectivity index (χ0) is 26.9. The summed E-state index contributed by atoms with van der Waals surface area (Å²) in [6.45, 7) is 8.26. The van der Waals surface area contributed by atoms with Crippen molar-refractivity contribution in [2.24, 2.45) is 0 Å².